The summed E-state index contributed by atoms with van der Waals surface area (Å²) in [4.78, 5) is 0. The van der Waals surface area contributed by atoms with Gasteiger partial charge in [0, 0.05) is 12.2 Å². The molecule has 0 amide bonds. The van der Waals surface area contributed by atoms with E-state index in [9.17, 15) is 0 Å². The highest BCUT2D eigenvalue weighted by atomic mass is 28.4. The lowest BCUT2D eigenvalue weighted by atomic mass is 9.89. The van der Waals surface area contributed by atoms with Crippen LogP contribution in [0.1, 0.15) is 65.2 Å². The minimum absolute atomic E-state index is 0.306. The van der Waals surface area contributed by atoms with Crippen molar-refractivity contribution in [3.8, 4) is 0 Å². The van der Waals surface area contributed by atoms with Crippen LogP contribution in [0.5, 0.6) is 0 Å². The Labute approximate surface area is 177 Å². The van der Waals surface area contributed by atoms with E-state index in [0.717, 1.165) is 37.5 Å². The molecule has 29 heavy (non-hydrogen) atoms. The van der Waals surface area contributed by atoms with Crippen LogP contribution in [0.4, 0.5) is 0 Å². The number of hydrogen-bond donors (Lipinski definition) is 0. The molecule has 3 heteroatoms. The summed E-state index contributed by atoms with van der Waals surface area (Å²) >= 11 is 0. The van der Waals surface area contributed by atoms with Crippen molar-refractivity contribution in [1.29, 1.82) is 0 Å². The molecule has 2 aliphatic carbocycles. The van der Waals surface area contributed by atoms with Gasteiger partial charge in [-0.05, 0) is 73.6 Å². The highest BCUT2D eigenvalue weighted by Crippen LogP contribution is 2.31. The lowest BCUT2D eigenvalue weighted by Gasteiger charge is -2.41. The normalized spacial score (nSPS) is 28.2. The molecule has 0 saturated heterocycles. The van der Waals surface area contributed by atoms with Crippen molar-refractivity contribution in [2.45, 2.75) is 77.4 Å². The minimum Gasteiger partial charge on any atom is -0.385 e. The molecule has 2 saturated carbocycles. The Hall–Kier alpha value is -1.42. The lowest BCUT2D eigenvalue weighted by molar-refractivity contribution is 0.0504. The maximum absolute atomic E-state index is 7.15. The summed E-state index contributed by atoms with van der Waals surface area (Å²) < 4.78 is 14.3. The van der Waals surface area contributed by atoms with E-state index >= 15 is 0 Å². The molecule has 2 aromatic carbocycles. The van der Waals surface area contributed by atoms with Gasteiger partial charge in [0.25, 0.3) is 0 Å². The largest absolute Gasteiger partial charge is 0.407 e. The standard InChI is InChI=1S/C26H36O2Si/c1-21-13-17-23(18-14-21)27-29(25-9-5-3-6-10-25,26-11-7-4-8-12-26)28-24-19-15-22(2)16-20-24/h3-12,21-24H,13-20H2,1-2H3. The monoisotopic (exact) mass is 408 g/mol. The summed E-state index contributed by atoms with van der Waals surface area (Å²) in [6.07, 6.45) is 10.3. The average Bonchev–Trinajstić information content (AvgIpc) is 2.77. The van der Waals surface area contributed by atoms with Crippen molar-refractivity contribution in [1.82, 2.24) is 0 Å². The van der Waals surface area contributed by atoms with Gasteiger partial charge in [-0.15, -0.1) is 0 Å². The maximum Gasteiger partial charge on any atom is 0.407 e. The lowest BCUT2D eigenvalue weighted by Crippen LogP contribution is -2.66. The van der Waals surface area contributed by atoms with Gasteiger partial charge in [0.1, 0.15) is 0 Å². The van der Waals surface area contributed by atoms with Gasteiger partial charge in [0.05, 0.1) is 0 Å². The van der Waals surface area contributed by atoms with Gasteiger partial charge in [-0.25, -0.2) is 0 Å². The van der Waals surface area contributed by atoms with Gasteiger partial charge in [-0.3, -0.25) is 0 Å². The fourth-order valence-corrected chi connectivity index (χ4v) is 8.55. The van der Waals surface area contributed by atoms with Crippen LogP contribution >= 0.6 is 0 Å². The number of hydrogen-bond acceptors (Lipinski definition) is 2. The third-order valence-corrected chi connectivity index (χ3v) is 10.4. The molecule has 0 aromatic heterocycles. The van der Waals surface area contributed by atoms with Crippen molar-refractivity contribution in [2.75, 3.05) is 0 Å². The van der Waals surface area contributed by atoms with Crippen LogP contribution in [0.25, 0.3) is 0 Å². The van der Waals surface area contributed by atoms with Crippen LogP contribution in [0, 0.1) is 11.8 Å². The summed E-state index contributed by atoms with van der Waals surface area (Å²) in [7, 11) is -2.77. The van der Waals surface area contributed by atoms with Gasteiger partial charge >= 0.3 is 8.56 Å². The van der Waals surface area contributed by atoms with Gasteiger partial charge in [-0.1, -0.05) is 74.5 Å². The third-order valence-electron chi connectivity index (χ3n) is 6.90. The molecule has 0 heterocycles. The SMILES string of the molecule is CC1CCC(O[Si](OC2CCC(C)CC2)(c2ccccc2)c2ccccc2)CC1. The number of benzene rings is 2. The highest BCUT2D eigenvalue weighted by Gasteiger charge is 2.47. The number of rotatable bonds is 6. The van der Waals surface area contributed by atoms with Crippen LogP contribution in [-0.4, -0.2) is 20.8 Å². The Kier molecular flexibility index (Phi) is 6.89. The predicted octanol–water partition coefficient (Wildman–Crippen LogP) is 5.43. The fraction of sp³-hybridized carbons (Fsp3) is 0.538. The molecule has 0 spiro atoms. The van der Waals surface area contributed by atoms with Crippen LogP contribution in [0.15, 0.2) is 60.7 Å². The predicted molar refractivity (Wildman–Crippen MR) is 123 cm³/mol. The second kappa shape index (κ2) is 9.59. The molecule has 0 N–H and O–H groups in total. The second-order valence-corrected chi connectivity index (χ2v) is 12.2. The van der Waals surface area contributed by atoms with E-state index in [0.29, 0.717) is 12.2 Å². The summed E-state index contributed by atoms with van der Waals surface area (Å²) in [5.41, 5.74) is 0. The van der Waals surface area contributed by atoms with Gasteiger partial charge in [0.2, 0.25) is 0 Å². The molecule has 0 unspecified atom stereocenters. The van der Waals surface area contributed by atoms with E-state index in [1.165, 1.54) is 36.1 Å². The molecule has 2 aliphatic rings. The van der Waals surface area contributed by atoms with Crippen LogP contribution in [0.2, 0.25) is 0 Å². The smallest absolute Gasteiger partial charge is 0.385 e. The van der Waals surface area contributed by atoms with Gasteiger partial charge < -0.3 is 8.85 Å². The first kappa shape index (κ1) is 20.8. The Balaban J connectivity index is 1.70. The Bertz CT molecular complexity index is 666. The highest BCUT2D eigenvalue weighted by molar-refractivity contribution is 6.92. The zero-order chi connectivity index (χ0) is 20.1. The third kappa shape index (κ3) is 5.02. The van der Waals surface area contributed by atoms with Crippen molar-refractivity contribution in [2.24, 2.45) is 11.8 Å². The fourth-order valence-electron chi connectivity index (χ4n) is 4.95. The molecule has 4 rings (SSSR count). The van der Waals surface area contributed by atoms with Crippen LogP contribution in [0.3, 0.4) is 0 Å². The van der Waals surface area contributed by atoms with E-state index in [4.69, 9.17) is 8.85 Å². The summed E-state index contributed by atoms with van der Waals surface area (Å²) in [6.45, 7) is 4.74. The van der Waals surface area contributed by atoms with E-state index < -0.39 is 8.56 Å². The quantitative estimate of drug-likeness (QED) is 0.593. The van der Waals surface area contributed by atoms with Crippen LogP contribution in [-0.2, 0) is 8.85 Å². The zero-order valence-corrected chi connectivity index (χ0v) is 19.1. The van der Waals surface area contributed by atoms with Crippen molar-refractivity contribution in [3.63, 3.8) is 0 Å². The summed E-state index contributed by atoms with van der Waals surface area (Å²) in [5, 5.41) is 2.51. The molecule has 156 valence electrons. The Morgan fingerprint density at radius 2 is 0.897 bits per heavy atom. The first-order valence-corrected chi connectivity index (χ1v) is 13.4. The summed E-state index contributed by atoms with van der Waals surface area (Å²) in [6, 6.07) is 21.7. The van der Waals surface area contributed by atoms with Gasteiger partial charge in [0.15, 0.2) is 0 Å². The Morgan fingerprint density at radius 1 is 0.552 bits per heavy atom. The van der Waals surface area contributed by atoms with Crippen molar-refractivity contribution < 1.29 is 8.85 Å². The molecule has 2 fully saturated rings. The first-order chi connectivity index (χ1) is 14.2. The summed E-state index contributed by atoms with van der Waals surface area (Å²) in [5.74, 6) is 1.64. The molecular weight excluding hydrogens is 372 g/mol. The van der Waals surface area contributed by atoms with Crippen molar-refractivity contribution in [3.05, 3.63) is 60.7 Å². The molecule has 2 nitrogen and oxygen atoms in total. The molecule has 0 bridgehead atoms. The maximum atomic E-state index is 7.15. The van der Waals surface area contributed by atoms with E-state index in [2.05, 4.69) is 74.5 Å². The van der Waals surface area contributed by atoms with Gasteiger partial charge in [-0.2, -0.15) is 0 Å². The average molecular weight is 409 g/mol. The van der Waals surface area contributed by atoms with E-state index in [-0.39, 0.29) is 0 Å². The second-order valence-electron chi connectivity index (χ2n) is 9.35. The molecule has 2 aromatic rings. The molecular formula is C26H36O2Si. The molecule has 0 aliphatic heterocycles. The minimum atomic E-state index is -2.77. The van der Waals surface area contributed by atoms with Crippen LogP contribution < -0.4 is 10.4 Å². The zero-order valence-electron chi connectivity index (χ0n) is 18.1. The molecule has 0 radical (unpaired) electrons. The topological polar surface area (TPSA) is 18.5 Å². The Morgan fingerprint density at radius 3 is 1.24 bits per heavy atom. The molecule has 0 atom stereocenters. The first-order valence-electron chi connectivity index (χ1n) is 11.6. The van der Waals surface area contributed by atoms with Crippen molar-refractivity contribution >= 4 is 18.9 Å². The van der Waals surface area contributed by atoms with E-state index in [1.807, 2.05) is 0 Å². The van der Waals surface area contributed by atoms with E-state index in [1.54, 1.807) is 0 Å².